The van der Waals surface area contributed by atoms with Crippen LogP contribution in [0.2, 0.25) is 0 Å². The summed E-state index contributed by atoms with van der Waals surface area (Å²) in [5.41, 5.74) is 0.461. The Morgan fingerprint density at radius 2 is 1.57 bits per heavy atom. The molecule has 0 unspecified atom stereocenters. The summed E-state index contributed by atoms with van der Waals surface area (Å²) in [5.74, 6) is -0.269. The fourth-order valence-electron chi connectivity index (χ4n) is 3.47. The predicted molar refractivity (Wildman–Crippen MR) is 115 cm³/mol. The lowest BCUT2D eigenvalue weighted by molar-refractivity contribution is -0.120. The van der Waals surface area contributed by atoms with E-state index in [0.29, 0.717) is 5.69 Å². The van der Waals surface area contributed by atoms with Crippen molar-refractivity contribution < 1.29 is 13.2 Å². The Balaban J connectivity index is 1.84. The van der Waals surface area contributed by atoms with E-state index < -0.39 is 10.0 Å². The number of hydrogen-bond donors (Lipinski definition) is 1. The maximum absolute atomic E-state index is 13.2. The zero-order valence-electron chi connectivity index (χ0n) is 15.7. The van der Waals surface area contributed by atoms with Crippen LogP contribution >= 0.6 is 15.9 Å². The van der Waals surface area contributed by atoms with Crippen LogP contribution < -0.4 is 9.62 Å². The first-order valence-electron chi connectivity index (χ1n) is 9.59. The molecule has 0 atom stereocenters. The molecule has 0 radical (unpaired) electrons. The quantitative estimate of drug-likeness (QED) is 0.640. The van der Waals surface area contributed by atoms with E-state index >= 15 is 0 Å². The monoisotopic (exact) mass is 464 g/mol. The Bertz CT molecular complexity index is 878. The number of hydrogen-bond acceptors (Lipinski definition) is 3. The van der Waals surface area contributed by atoms with Crippen molar-refractivity contribution in [2.24, 2.45) is 0 Å². The average Bonchev–Trinajstić information content (AvgIpc) is 2.96. The molecule has 2 aromatic carbocycles. The van der Waals surface area contributed by atoms with Crippen LogP contribution in [0, 0.1) is 0 Å². The highest BCUT2D eigenvalue weighted by atomic mass is 79.9. The molecule has 2 aromatic rings. The third kappa shape index (κ3) is 5.35. The van der Waals surface area contributed by atoms with Gasteiger partial charge in [-0.2, -0.15) is 0 Å². The first-order valence-corrected chi connectivity index (χ1v) is 11.8. The van der Waals surface area contributed by atoms with E-state index in [1.807, 2.05) is 0 Å². The van der Waals surface area contributed by atoms with Crippen molar-refractivity contribution in [1.82, 2.24) is 5.32 Å². The van der Waals surface area contributed by atoms with Crippen LogP contribution in [-0.2, 0) is 14.8 Å². The van der Waals surface area contributed by atoms with Crippen LogP contribution in [0.15, 0.2) is 64.0 Å². The van der Waals surface area contributed by atoms with Gasteiger partial charge in [0.25, 0.3) is 10.0 Å². The molecule has 0 saturated heterocycles. The number of anilines is 1. The number of sulfonamides is 1. The van der Waals surface area contributed by atoms with E-state index in [0.717, 1.165) is 30.2 Å². The number of rotatable bonds is 6. The molecular formula is C21H25BrN2O3S. The molecule has 0 aliphatic heterocycles. The predicted octanol–water partition coefficient (Wildman–Crippen LogP) is 4.48. The molecule has 5 nitrogen and oxygen atoms in total. The van der Waals surface area contributed by atoms with Crippen molar-refractivity contribution in [1.29, 1.82) is 0 Å². The van der Waals surface area contributed by atoms with E-state index in [1.54, 1.807) is 54.6 Å². The van der Waals surface area contributed by atoms with Gasteiger partial charge in [0.2, 0.25) is 5.91 Å². The fourth-order valence-corrected chi connectivity index (χ4v) is 5.18. The van der Waals surface area contributed by atoms with Crippen LogP contribution in [0.25, 0.3) is 0 Å². The Morgan fingerprint density at radius 1 is 0.964 bits per heavy atom. The second-order valence-electron chi connectivity index (χ2n) is 7.06. The minimum atomic E-state index is -3.85. The van der Waals surface area contributed by atoms with Gasteiger partial charge in [-0.25, -0.2) is 8.42 Å². The largest absolute Gasteiger partial charge is 0.352 e. The van der Waals surface area contributed by atoms with Crippen molar-refractivity contribution in [3.05, 3.63) is 59.1 Å². The molecule has 0 heterocycles. The van der Waals surface area contributed by atoms with Gasteiger partial charge in [0.05, 0.1) is 10.6 Å². The van der Waals surface area contributed by atoms with Crippen molar-refractivity contribution in [2.45, 2.75) is 49.5 Å². The highest BCUT2D eigenvalue weighted by molar-refractivity contribution is 9.10. The number of carbonyl (C=O) groups is 1. The maximum Gasteiger partial charge on any atom is 0.264 e. The molecule has 28 heavy (non-hydrogen) atoms. The highest BCUT2D eigenvalue weighted by Crippen LogP contribution is 2.25. The van der Waals surface area contributed by atoms with E-state index in [4.69, 9.17) is 0 Å². The SMILES string of the molecule is O=C(CN(c1ccc(Br)cc1)S(=O)(=O)c1ccccc1)NC1CCCCCC1. The van der Waals surface area contributed by atoms with Crippen LogP contribution in [0.3, 0.4) is 0 Å². The Morgan fingerprint density at radius 3 is 2.18 bits per heavy atom. The van der Waals surface area contributed by atoms with Gasteiger partial charge in [-0.05, 0) is 49.2 Å². The van der Waals surface area contributed by atoms with Gasteiger partial charge in [0.1, 0.15) is 6.54 Å². The van der Waals surface area contributed by atoms with Gasteiger partial charge in [-0.1, -0.05) is 59.8 Å². The zero-order valence-corrected chi connectivity index (χ0v) is 18.1. The molecule has 1 aliphatic carbocycles. The standard InChI is InChI=1S/C21H25BrN2O3S/c22-17-12-14-19(15-13-17)24(28(26,27)20-10-6-3-7-11-20)16-21(25)23-18-8-4-1-2-5-9-18/h3,6-7,10-15,18H,1-2,4-5,8-9,16H2,(H,23,25). The molecular weight excluding hydrogens is 440 g/mol. The fraction of sp³-hybridized carbons (Fsp3) is 0.381. The molecule has 0 spiro atoms. The van der Waals surface area contributed by atoms with Crippen LogP contribution in [-0.4, -0.2) is 26.9 Å². The minimum Gasteiger partial charge on any atom is -0.352 e. The number of halogens is 1. The lowest BCUT2D eigenvalue weighted by Crippen LogP contribution is -2.44. The lowest BCUT2D eigenvalue weighted by atomic mass is 10.1. The number of amides is 1. The topological polar surface area (TPSA) is 66.5 Å². The van der Waals surface area contributed by atoms with Gasteiger partial charge in [-0.3, -0.25) is 9.10 Å². The van der Waals surface area contributed by atoms with Gasteiger partial charge in [0.15, 0.2) is 0 Å². The smallest absolute Gasteiger partial charge is 0.264 e. The summed E-state index contributed by atoms with van der Waals surface area (Å²) < 4.78 is 28.5. The molecule has 1 saturated carbocycles. The van der Waals surface area contributed by atoms with E-state index in [2.05, 4.69) is 21.2 Å². The van der Waals surface area contributed by atoms with Gasteiger partial charge >= 0.3 is 0 Å². The van der Waals surface area contributed by atoms with Crippen molar-refractivity contribution in [3.8, 4) is 0 Å². The highest BCUT2D eigenvalue weighted by Gasteiger charge is 2.28. The summed E-state index contributed by atoms with van der Waals surface area (Å²) in [4.78, 5) is 12.9. The van der Waals surface area contributed by atoms with Crippen molar-refractivity contribution >= 4 is 37.5 Å². The molecule has 0 bridgehead atoms. The molecule has 1 N–H and O–H groups in total. The first-order chi connectivity index (χ1) is 13.5. The van der Waals surface area contributed by atoms with E-state index in [-0.39, 0.29) is 23.4 Å². The van der Waals surface area contributed by atoms with Crippen molar-refractivity contribution in [3.63, 3.8) is 0 Å². The lowest BCUT2D eigenvalue weighted by Gasteiger charge is -2.25. The molecule has 1 aliphatic rings. The molecule has 1 amide bonds. The van der Waals surface area contributed by atoms with Gasteiger partial charge < -0.3 is 5.32 Å². The summed E-state index contributed by atoms with van der Waals surface area (Å²) >= 11 is 3.37. The molecule has 7 heteroatoms. The second-order valence-corrected chi connectivity index (χ2v) is 9.84. The Hall–Kier alpha value is -1.86. The zero-order chi connectivity index (χ0) is 20.0. The average molecular weight is 465 g/mol. The van der Waals surface area contributed by atoms with E-state index in [9.17, 15) is 13.2 Å². The number of nitrogens with one attached hydrogen (secondary N) is 1. The second kappa shape index (κ2) is 9.56. The Labute approximate surface area is 175 Å². The third-order valence-corrected chi connectivity index (χ3v) is 7.27. The number of benzene rings is 2. The van der Waals surface area contributed by atoms with Crippen LogP contribution in [0.5, 0.6) is 0 Å². The summed E-state index contributed by atoms with van der Waals surface area (Å²) in [5, 5.41) is 3.04. The third-order valence-electron chi connectivity index (χ3n) is 4.95. The number of carbonyl (C=O) groups excluding carboxylic acids is 1. The molecule has 3 rings (SSSR count). The molecule has 150 valence electrons. The normalized spacial score (nSPS) is 15.6. The van der Waals surface area contributed by atoms with Crippen molar-refractivity contribution in [2.75, 3.05) is 10.8 Å². The summed E-state index contributed by atoms with van der Waals surface area (Å²) in [6.45, 7) is -0.241. The maximum atomic E-state index is 13.2. The summed E-state index contributed by atoms with van der Waals surface area (Å²) in [6.07, 6.45) is 6.50. The van der Waals surface area contributed by atoms with Gasteiger partial charge in [0, 0.05) is 10.5 Å². The van der Waals surface area contributed by atoms with Crippen LogP contribution in [0.1, 0.15) is 38.5 Å². The molecule has 0 aromatic heterocycles. The van der Waals surface area contributed by atoms with Gasteiger partial charge in [-0.15, -0.1) is 0 Å². The Kier molecular flexibility index (Phi) is 7.13. The number of nitrogens with zero attached hydrogens (tertiary/aromatic N) is 1. The van der Waals surface area contributed by atoms with E-state index in [1.165, 1.54) is 17.1 Å². The summed E-state index contributed by atoms with van der Waals surface area (Å²) in [6, 6.07) is 15.3. The van der Waals surface area contributed by atoms with Crippen LogP contribution in [0.4, 0.5) is 5.69 Å². The summed E-state index contributed by atoms with van der Waals surface area (Å²) in [7, 11) is -3.85. The minimum absolute atomic E-state index is 0.126. The first kappa shape index (κ1) is 20.9. The molecule has 1 fully saturated rings.